The lowest BCUT2D eigenvalue weighted by molar-refractivity contribution is -0.119. The molecule has 3 amide bonds. The van der Waals surface area contributed by atoms with Crippen molar-refractivity contribution in [2.24, 2.45) is 10.8 Å². The quantitative estimate of drug-likeness (QED) is 0.819. The Hall–Kier alpha value is -3.68. The van der Waals surface area contributed by atoms with E-state index in [1.54, 1.807) is 50.5 Å². The molecule has 0 aromatic heterocycles. The van der Waals surface area contributed by atoms with Crippen LogP contribution in [0.2, 0.25) is 0 Å². The molecule has 0 bridgehead atoms. The number of amides is 3. The first-order valence-electron chi connectivity index (χ1n) is 8.71. The summed E-state index contributed by atoms with van der Waals surface area (Å²) in [7, 11) is 3.31. The molecule has 8 nitrogen and oxygen atoms in total. The van der Waals surface area contributed by atoms with Gasteiger partial charge in [0.15, 0.2) is 0 Å². The predicted molar refractivity (Wildman–Crippen MR) is 107 cm³/mol. The number of hydrogen-bond acceptors (Lipinski definition) is 5. The van der Waals surface area contributed by atoms with Crippen molar-refractivity contribution in [3.05, 3.63) is 60.2 Å². The molecule has 0 radical (unpaired) electrons. The highest BCUT2D eigenvalue weighted by Crippen LogP contribution is 2.25. The smallest absolute Gasteiger partial charge is 0.271 e. The van der Waals surface area contributed by atoms with E-state index >= 15 is 0 Å². The van der Waals surface area contributed by atoms with Crippen molar-refractivity contribution in [2.75, 3.05) is 24.4 Å². The fraction of sp³-hybridized carbons (Fsp3) is 0.200. The van der Waals surface area contributed by atoms with E-state index < -0.39 is 17.9 Å². The van der Waals surface area contributed by atoms with Gasteiger partial charge in [0.25, 0.3) is 11.8 Å². The van der Waals surface area contributed by atoms with Gasteiger partial charge in [0.05, 0.1) is 5.69 Å². The highest BCUT2D eigenvalue weighted by atomic mass is 16.2. The Kier molecular flexibility index (Phi) is 5.39. The average molecular weight is 379 g/mol. The first-order valence-corrected chi connectivity index (χ1v) is 8.71. The number of carbonyl (C=O) groups excluding carboxylic acids is 3. The summed E-state index contributed by atoms with van der Waals surface area (Å²) in [6.45, 7) is 0. The number of primary amides is 1. The van der Waals surface area contributed by atoms with E-state index in [1.165, 1.54) is 9.91 Å². The molecular weight excluding hydrogens is 358 g/mol. The lowest BCUT2D eigenvalue weighted by Gasteiger charge is -2.20. The van der Waals surface area contributed by atoms with Crippen LogP contribution in [-0.4, -0.2) is 48.5 Å². The topological polar surface area (TPSA) is 108 Å². The third kappa shape index (κ3) is 4.01. The Morgan fingerprint density at radius 1 is 1.11 bits per heavy atom. The summed E-state index contributed by atoms with van der Waals surface area (Å²) in [6, 6.07) is 15.0. The van der Waals surface area contributed by atoms with Crippen molar-refractivity contribution in [1.82, 2.24) is 4.90 Å². The van der Waals surface area contributed by atoms with Crippen LogP contribution < -0.4 is 16.1 Å². The van der Waals surface area contributed by atoms with Gasteiger partial charge in [-0.2, -0.15) is 5.10 Å². The summed E-state index contributed by atoms with van der Waals surface area (Å²) in [5.41, 5.74) is 7.28. The zero-order valence-corrected chi connectivity index (χ0v) is 15.6. The molecular formula is C20H21N5O3. The van der Waals surface area contributed by atoms with Crippen LogP contribution in [0.25, 0.3) is 0 Å². The second-order valence-electron chi connectivity index (χ2n) is 6.58. The van der Waals surface area contributed by atoms with Gasteiger partial charge in [-0.3, -0.25) is 19.4 Å². The van der Waals surface area contributed by atoms with E-state index in [2.05, 4.69) is 10.4 Å². The second kappa shape index (κ2) is 7.91. The number of nitrogens with zero attached hydrogens (tertiary/aromatic N) is 3. The maximum atomic E-state index is 12.7. The largest absolute Gasteiger partial charge is 0.368 e. The molecule has 0 aliphatic carbocycles. The van der Waals surface area contributed by atoms with Gasteiger partial charge in [0, 0.05) is 31.8 Å². The number of rotatable bonds is 5. The molecule has 144 valence electrons. The van der Waals surface area contributed by atoms with Crippen LogP contribution in [0.5, 0.6) is 0 Å². The number of nitrogens with two attached hydrogens (primary N) is 1. The summed E-state index contributed by atoms with van der Waals surface area (Å²) in [5.74, 6) is -1.17. The van der Waals surface area contributed by atoms with Crippen LogP contribution in [0.4, 0.5) is 11.4 Å². The van der Waals surface area contributed by atoms with Gasteiger partial charge >= 0.3 is 0 Å². The minimum Gasteiger partial charge on any atom is -0.368 e. The first-order chi connectivity index (χ1) is 13.4. The van der Waals surface area contributed by atoms with Crippen molar-refractivity contribution in [3.8, 4) is 0 Å². The number of benzene rings is 2. The monoisotopic (exact) mass is 379 g/mol. The summed E-state index contributed by atoms with van der Waals surface area (Å²) in [4.78, 5) is 38.0. The Labute approximate surface area is 162 Å². The standard InChI is InChI=1S/C20H21N5O3/c1-24(2)20(28)13-7-6-8-14(11-13)22-19(27)16-12-17(18(21)26)25(23-16)15-9-4-3-5-10-15/h3-11,17H,12H2,1-2H3,(H2,21,26)(H,22,27)/t17-/m1/s1. The third-order valence-electron chi connectivity index (χ3n) is 4.30. The lowest BCUT2D eigenvalue weighted by atomic mass is 10.1. The molecule has 2 aromatic rings. The molecule has 0 saturated carbocycles. The molecule has 1 atom stereocenters. The molecule has 3 N–H and O–H groups in total. The van der Waals surface area contributed by atoms with Crippen LogP contribution in [0, 0.1) is 0 Å². The Morgan fingerprint density at radius 3 is 2.46 bits per heavy atom. The Bertz CT molecular complexity index is 940. The van der Waals surface area contributed by atoms with Gasteiger partial charge in [0.1, 0.15) is 11.8 Å². The molecule has 28 heavy (non-hydrogen) atoms. The molecule has 0 fully saturated rings. The predicted octanol–water partition coefficient (Wildman–Crippen LogP) is 1.45. The van der Waals surface area contributed by atoms with Crippen molar-refractivity contribution in [2.45, 2.75) is 12.5 Å². The Balaban J connectivity index is 1.80. The van der Waals surface area contributed by atoms with Gasteiger partial charge in [-0.1, -0.05) is 24.3 Å². The fourth-order valence-electron chi connectivity index (χ4n) is 2.88. The summed E-state index contributed by atoms with van der Waals surface area (Å²) in [5, 5.41) is 8.50. The average Bonchev–Trinajstić information content (AvgIpc) is 3.14. The minimum absolute atomic E-state index is 0.104. The second-order valence-corrected chi connectivity index (χ2v) is 6.58. The van der Waals surface area contributed by atoms with E-state index in [0.717, 1.165) is 0 Å². The highest BCUT2D eigenvalue weighted by Gasteiger charge is 2.34. The Morgan fingerprint density at radius 2 is 1.82 bits per heavy atom. The van der Waals surface area contributed by atoms with E-state index in [-0.39, 0.29) is 18.0 Å². The first kappa shape index (κ1) is 19.1. The number of hydrazone groups is 1. The number of hydrogen-bond donors (Lipinski definition) is 2. The van der Waals surface area contributed by atoms with Crippen molar-refractivity contribution in [1.29, 1.82) is 0 Å². The van der Waals surface area contributed by atoms with Gasteiger partial charge < -0.3 is 16.0 Å². The van der Waals surface area contributed by atoms with Gasteiger partial charge in [-0.25, -0.2) is 0 Å². The van der Waals surface area contributed by atoms with E-state index in [9.17, 15) is 14.4 Å². The molecule has 1 aliphatic rings. The molecule has 0 spiro atoms. The van der Waals surface area contributed by atoms with E-state index in [1.807, 2.05) is 18.2 Å². The molecule has 8 heteroatoms. The summed E-state index contributed by atoms with van der Waals surface area (Å²) >= 11 is 0. The third-order valence-corrected chi connectivity index (χ3v) is 4.30. The van der Waals surface area contributed by atoms with Crippen LogP contribution in [-0.2, 0) is 9.59 Å². The minimum atomic E-state index is -0.732. The van der Waals surface area contributed by atoms with Gasteiger partial charge in [0.2, 0.25) is 5.91 Å². The highest BCUT2D eigenvalue weighted by molar-refractivity contribution is 6.44. The zero-order chi connectivity index (χ0) is 20.3. The van der Waals surface area contributed by atoms with Crippen LogP contribution in [0.15, 0.2) is 59.7 Å². The number of nitrogens with one attached hydrogen (secondary N) is 1. The molecule has 2 aromatic carbocycles. The van der Waals surface area contributed by atoms with Crippen molar-refractivity contribution >= 4 is 34.8 Å². The van der Waals surface area contributed by atoms with Crippen LogP contribution in [0.1, 0.15) is 16.8 Å². The maximum absolute atomic E-state index is 12.7. The number of para-hydroxylation sites is 1. The molecule has 1 aliphatic heterocycles. The summed E-state index contributed by atoms with van der Waals surface area (Å²) in [6.07, 6.45) is 0.104. The molecule has 0 unspecified atom stereocenters. The molecule has 0 saturated heterocycles. The van der Waals surface area contributed by atoms with Crippen LogP contribution >= 0.6 is 0 Å². The van der Waals surface area contributed by atoms with Gasteiger partial charge in [-0.15, -0.1) is 0 Å². The van der Waals surface area contributed by atoms with Crippen molar-refractivity contribution < 1.29 is 14.4 Å². The number of carbonyl (C=O) groups is 3. The molecule has 1 heterocycles. The fourth-order valence-corrected chi connectivity index (χ4v) is 2.88. The van der Waals surface area contributed by atoms with Crippen LogP contribution in [0.3, 0.4) is 0 Å². The normalized spacial score (nSPS) is 15.7. The number of anilines is 2. The maximum Gasteiger partial charge on any atom is 0.271 e. The molecule has 3 rings (SSSR count). The lowest BCUT2D eigenvalue weighted by Crippen LogP contribution is -2.39. The van der Waals surface area contributed by atoms with E-state index in [0.29, 0.717) is 16.9 Å². The van der Waals surface area contributed by atoms with Crippen molar-refractivity contribution in [3.63, 3.8) is 0 Å². The zero-order valence-electron chi connectivity index (χ0n) is 15.6. The van der Waals surface area contributed by atoms with E-state index in [4.69, 9.17) is 5.73 Å². The van der Waals surface area contributed by atoms with Gasteiger partial charge in [-0.05, 0) is 30.3 Å². The SMILES string of the molecule is CN(C)C(=O)c1cccc(NC(=O)C2=NN(c3ccccc3)[C@@H](C(N)=O)C2)c1. The summed E-state index contributed by atoms with van der Waals surface area (Å²) < 4.78 is 0.